The highest BCUT2D eigenvalue weighted by molar-refractivity contribution is 6.34. The summed E-state index contributed by atoms with van der Waals surface area (Å²) < 4.78 is 23.9. The highest BCUT2D eigenvalue weighted by Gasteiger charge is 2.76. The van der Waals surface area contributed by atoms with Gasteiger partial charge in [0.2, 0.25) is 0 Å². The Morgan fingerprint density at radius 3 is 2.76 bits per heavy atom. The fourth-order valence-electron chi connectivity index (χ4n) is 8.74. The molecule has 1 saturated carbocycles. The standard InChI is InChI=1S/C30H34ClFN2O3/c1-27-10-8-19-15-30(32)25(36)24(35)22(34(2)3)16-28(30)11-12-29(19,37-28)23(27)7-6-21(27)18-4-5-20-17(14-18)9-13-33-26(20)31/h4-6,8-9,13-14,22-25,35-36H,7,10-12,15-16H2,1-3H3/t22-,23?,24+,25-,27+,28+,29+,30?/m0/s1. The summed E-state index contributed by atoms with van der Waals surface area (Å²) in [7, 11) is 3.75. The fourth-order valence-corrected chi connectivity index (χ4v) is 8.97. The van der Waals surface area contributed by atoms with Gasteiger partial charge in [-0.25, -0.2) is 9.37 Å². The van der Waals surface area contributed by atoms with Gasteiger partial charge in [-0.2, -0.15) is 0 Å². The number of aliphatic hydroxyl groups excluding tert-OH is 2. The van der Waals surface area contributed by atoms with E-state index in [4.69, 9.17) is 16.3 Å². The number of hydrogen-bond donors (Lipinski definition) is 2. The first-order valence-electron chi connectivity index (χ1n) is 13.4. The van der Waals surface area contributed by atoms with E-state index in [0.29, 0.717) is 18.0 Å². The Hall–Kier alpha value is -1.83. The van der Waals surface area contributed by atoms with Gasteiger partial charge in [-0.05, 0) is 80.4 Å². The number of allylic oxidation sites excluding steroid dienone is 3. The van der Waals surface area contributed by atoms with Crippen molar-refractivity contribution in [2.45, 2.75) is 80.6 Å². The first kappa shape index (κ1) is 24.2. The molecule has 1 aromatic carbocycles. The van der Waals surface area contributed by atoms with Gasteiger partial charge in [0.25, 0.3) is 0 Å². The minimum atomic E-state index is -1.99. The molecule has 1 aromatic heterocycles. The van der Waals surface area contributed by atoms with Crippen LogP contribution in [-0.4, -0.2) is 69.3 Å². The predicted octanol–water partition coefficient (Wildman–Crippen LogP) is 5.08. The lowest BCUT2D eigenvalue weighted by molar-refractivity contribution is -0.282. The molecule has 5 aliphatic rings. The molecule has 3 heterocycles. The molecular formula is C30H34ClFN2O3. The molecule has 8 atom stereocenters. The molecule has 2 spiro atoms. The molecule has 5 nitrogen and oxygen atoms in total. The van der Waals surface area contributed by atoms with Crippen LogP contribution in [0.5, 0.6) is 0 Å². The lowest BCUT2D eigenvalue weighted by Crippen LogP contribution is -2.73. The van der Waals surface area contributed by atoms with Crippen molar-refractivity contribution < 1.29 is 19.3 Å². The van der Waals surface area contributed by atoms with E-state index in [1.807, 2.05) is 25.1 Å². The second-order valence-corrected chi connectivity index (χ2v) is 12.8. The molecule has 7 rings (SSSR count). The number of pyridine rings is 1. The van der Waals surface area contributed by atoms with Gasteiger partial charge in [-0.15, -0.1) is 0 Å². The number of halogens is 2. The second-order valence-electron chi connectivity index (χ2n) is 12.5. The Morgan fingerprint density at radius 1 is 1.16 bits per heavy atom. The summed E-state index contributed by atoms with van der Waals surface area (Å²) in [4.78, 5) is 6.10. The molecule has 0 radical (unpaired) electrons. The van der Waals surface area contributed by atoms with Crippen LogP contribution < -0.4 is 0 Å². The lowest BCUT2D eigenvalue weighted by Gasteiger charge is -2.61. The maximum absolute atomic E-state index is 16.9. The van der Waals surface area contributed by atoms with Crippen molar-refractivity contribution in [3.05, 3.63) is 58.9 Å². The lowest BCUT2D eigenvalue weighted by atomic mass is 9.56. The van der Waals surface area contributed by atoms with E-state index in [2.05, 4.69) is 42.3 Å². The van der Waals surface area contributed by atoms with E-state index in [9.17, 15) is 10.2 Å². The fraction of sp³-hybridized carbons (Fsp3) is 0.567. The van der Waals surface area contributed by atoms with Crippen molar-refractivity contribution in [1.29, 1.82) is 0 Å². The Balaban J connectivity index is 1.29. The van der Waals surface area contributed by atoms with Gasteiger partial charge in [0.15, 0.2) is 5.67 Å². The van der Waals surface area contributed by atoms with Crippen LogP contribution in [0.1, 0.15) is 51.0 Å². The molecule has 2 bridgehead atoms. The van der Waals surface area contributed by atoms with E-state index < -0.39 is 29.1 Å². The molecule has 37 heavy (non-hydrogen) atoms. The quantitative estimate of drug-likeness (QED) is 0.423. The zero-order valence-electron chi connectivity index (χ0n) is 21.5. The number of fused-ring (bicyclic) bond motifs is 2. The van der Waals surface area contributed by atoms with E-state index in [1.165, 1.54) is 11.1 Å². The predicted molar refractivity (Wildman–Crippen MR) is 142 cm³/mol. The van der Waals surface area contributed by atoms with Crippen molar-refractivity contribution in [3.63, 3.8) is 0 Å². The average molecular weight is 525 g/mol. The number of hydrogen-bond acceptors (Lipinski definition) is 5. The van der Waals surface area contributed by atoms with Gasteiger partial charge < -0.3 is 19.8 Å². The summed E-state index contributed by atoms with van der Waals surface area (Å²) >= 11 is 6.32. The molecule has 2 aliphatic heterocycles. The van der Waals surface area contributed by atoms with Crippen LogP contribution in [0, 0.1) is 11.3 Å². The van der Waals surface area contributed by atoms with Crippen LogP contribution in [-0.2, 0) is 4.74 Å². The molecule has 7 heteroatoms. The number of benzene rings is 1. The molecule has 2 unspecified atom stereocenters. The summed E-state index contributed by atoms with van der Waals surface area (Å²) in [5.74, 6) is 0.192. The number of nitrogens with zero attached hydrogens (tertiary/aromatic N) is 2. The number of ether oxygens (including phenoxy) is 1. The number of aromatic nitrogens is 1. The smallest absolute Gasteiger partial charge is 0.171 e. The van der Waals surface area contributed by atoms with E-state index in [1.54, 1.807) is 6.20 Å². The van der Waals surface area contributed by atoms with Gasteiger partial charge in [-0.3, -0.25) is 0 Å². The third kappa shape index (κ3) is 2.91. The van der Waals surface area contributed by atoms with Crippen molar-refractivity contribution >= 4 is 27.9 Å². The SMILES string of the molecule is CN(C)[C@H]1C[C@@]23CC[C@@]4(O2)C(=CC[C@]2(C)C(c5ccc6c(Cl)nccc6c5)=CCC24)CC3(F)[C@@H](O)[C@@H]1O. The Morgan fingerprint density at radius 2 is 1.97 bits per heavy atom. The monoisotopic (exact) mass is 524 g/mol. The molecule has 0 amide bonds. The normalized spacial score (nSPS) is 44.3. The molecule has 3 aliphatic carbocycles. The van der Waals surface area contributed by atoms with Crippen LogP contribution >= 0.6 is 11.6 Å². The van der Waals surface area contributed by atoms with Crippen LogP contribution in [0.2, 0.25) is 5.15 Å². The summed E-state index contributed by atoms with van der Waals surface area (Å²) in [6, 6.07) is 8.02. The van der Waals surface area contributed by atoms with Gasteiger partial charge in [0.05, 0.1) is 11.7 Å². The minimum absolute atomic E-state index is 0.134. The molecule has 196 valence electrons. The van der Waals surface area contributed by atoms with Crippen molar-refractivity contribution in [2.75, 3.05) is 14.1 Å². The van der Waals surface area contributed by atoms with Gasteiger partial charge in [0.1, 0.15) is 16.9 Å². The van der Waals surface area contributed by atoms with Crippen LogP contribution in [0.3, 0.4) is 0 Å². The van der Waals surface area contributed by atoms with E-state index in [0.717, 1.165) is 35.6 Å². The summed E-state index contributed by atoms with van der Waals surface area (Å²) in [5.41, 5.74) is -0.298. The molecule has 2 aromatic rings. The van der Waals surface area contributed by atoms with Crippen LogP contribution in [0.4, 0.5) is 4.39 Å². The number of alkyl halides is 1. The van der Waals surface area contributed by atoms with Gasteiger partial charge in [-0.1, -0.05) is 42.8 Å². The Bertz CT molecular complexity index is 1380. The Labute approximate surface area is 222 Å². The molecular weight excluding hydrogens is 491 g/mol. The molecule has 3 fully saturated rings. The second kappa shape index (κ2) is 7.64. The minimum Gasteiger partial charge on any atom is -0.389 e. The number of aliphatic hydroxyl groups is 2. The highest BCUT2D eigenvalue weighted by atomic mass is 35.5. The van der Waals surface area contributed by atoms with Gasteiger partial charge >= 0.3 is 0 Å². The zero-order chi connectivity index (χ0) is 26.0. The van der Waals surface area contributed by atoms with Crippen molar-refractivity contribution in [3.8, 4) is 0 Å². The number of likely N-dealkylation sites (N-methyl/N-ethyl adjacent to an activating group) is 1. The zero-order valence-corrected chi connectivity index (χ0v) is 22.3. The van der Waals surface area contributed by atoms with E-state index >= 15 is 4.39 Å². The summed E-state index contributed by atoms with van der Waals surface area (Å²) in [6.07, 6.45) is 7.14. The first-order chi connectivity index (χ1) is 17.5. The summed E-state index contributed by atoms with van der Waals surface area (Å²) in [5, 5.41) is 24.5. The summed E-state index contributed by atoms with van der Waals surface area (Å²) in [6.45, 7) is 2.33. The van der Waals surface area contributed by atoms with Gasteiger partial charge in [0, 0.05) is 35.4 Å². The van der Waals surface area contributed by atoms with Crippen molar-refractivity contribution in [1.82, 2.24) is 9.88 Å². The third-order valence-corrected chi connectivity index (χ3v) is 11.0. The molecule has 2 saturated heterocycles. The van der Waals surface area contributed by atoms with Crippen LogP contribution in [0.15, 0.2) is 48.2 Å². The van der Waals surface area contributed by atoms with Crippen molar-refractivity contribution in [2.24, 2.45) is 11.3 Å². The largest absolute Gasteiger partial charge is 0.389 e. The Kier molecular flexibility index (Phi) is 5.00. The maximum atomic E-state index is 16.9. The number of rotatable bonds is 2. The van der Waals surface area contributed by atoms with Crippen LogP contribution in [0.25, 0.3) is 16.3 Å². The third-order valence-electron chi connectivity index (χ3n) is 10.7. The molecule has 2 N–H and O–H groups in total. The van der Waals surface area contributed by atoms with E-state index in [-0.39, 0.29) is 23.8 Å². The average Bonchev–Trinajstić information content (AvgIpc) is 3.40. The maximum Gasteiger partial charge on any atom is 0.171 e. The first-order valence-corrected chi connectivity index (χ1v) is 13.8. The topological polar surface area (TPSA) is 65.8 Å². The highest BCUT2D eigenvalue weighted by Crippen LogP contribution is 2.70.